The Balaban J connectivity index is 2.04. The molecule has 1 aromatic carbocycles. The van der Waals surface area contributed by atoms with Gasteiger partial charge < -0.3 is 33.3 Å². The fraction of sp³-hybridized carbons (Fsp3) is 0.478. The third kappa shape index (κ3) is 10.0. The summed E-state index contributed by atoms with van der Waals surface area (Å²) < 4.78 is 30.4. The van der Waals surface area contributed by atoms with Crippen molar-refractivity contribution in [3.63, 3.8) is 0 Å². The number of carbonyl (C=O) groups is 4. The van der Waals surface area contributed by atoms with Gasteiger partial charge >= 0.3 is 23.9 Å². The monoisotopic (exact) mass is 479 g/mol. The Morgan fingerprint density at radius 1 is 0.647 bits per heavy atom. The molecule has 0 saturated carbocycles. The molecule has 2 rings (SSSR count). The molecular weight excluding hydrogens is 450 g/mol. The molecule has 34 heavy (non-hydrogen) atoms. The number of hydrogen-bond acceptors (Lipinski definition) is 11. The molecule has 0 bridgehead atoms. The van der Waals surface area contributed by atoms with Crippen molar-refractivity contribution in [3.8, 4) is 0 Å². The van der Waals surface area contributed by atoms with Gasteiger partial charge in [0.2, 0.25) is 0 Å². The lowest BCUT2D eigenvalue weighted by molar-refractivity contribution is -0.156. The van der Waals surface area contributed by atoms with E-state index in [0.29, 0.717) is 5.56 Å². The molecule has 0 aromatic heterocycles. The lowest BCUT2D eigenvalue weighted by Crippen LogP contribution is -2.23. The van der Waals surface area contributed by atoms with Crippen molar-refractivity contribution >= 4 is 35.6 Å². The highest BCUT2D eigenvalue weighted by Crippen LogP contribution is 2.16. The highest BCUT2D eigenvalue weighted by atomic mass is 16.6. The van der Waals surface area contributed by atoms with Crippen LogP contribution in [-0.4, -0.2) is 90.8 Å². The molecule has 1 aliphatic rings. The third-order valence-corrected chi connectivity index (χ3v) is 4.35. The standard InChI is InChI=1S/C23H29NO10/c1-24(2)18-5-3-17(4-6-18)15-19-22(27)33-13-9-29-7-11-31-20(25)16-21(26)32-12-8-30-10-14-34-23(19)28/h3-6,15H,7-14,16H2,1-2H3. The maximum atomic E-state index is 12.6. The Bertz CT molecular complexity index is 821. The topological polar surface area (TPSA) is 127 Å². The van der Waals surface area contributed by atoms with Gasteiger partial charge in [-0.05, 0) is 23.8 Å². The number of hydrogen-bond donors (Lipinski definition) is 0. The Hall–Kier alpha value is -3.44. The second-order valence-corrected chi connectivity index (χ2v) is 7.16. The molecule has 1 heterocycles. The van der Waals surface area contributed by atoms with Gasteiger partial charge in [-0.2, -0.15) is 0 Å². The number of ether oxygens (including phenoxy) is 6. The van der Waals surface area contributed by atoms with E-state index >= 15 is 0 Å². The van der Waals surface area contributed by atoms with Crippen LogP contribution in [0.1, 0.15) is 12.0 Å². The molecule has 186 valence electrons. The van der Waals surface area contributed by atoms with Crippen LogP contribution >= 0.6 is 0 Å². The molecule has 0 amide bonds. The zero-order valence-corrected chi connectivity index (χ0v) is 19.3. The predicted molar refractivity (Wildman–Crippen MR) is 119 cm³/mol. The van der Waals surface area contributed by atoms with Gasteiger partial charge in [0.25, 0.3) is 0 Å². The molecule has 0 spiro atoms. The van der Waals surface area contributed by atoms with Crippen molar-refractivity contribution < 1.29 is 47.6 Å². The molecule has 0 radical (unpaired) electrons. The summed E-state index contributed by atoms with van der Waals surface area (Å²) in [5, 5.41) is 0. The molecule has 1 fully saturated rings. The number of cyclic esters (lactones) is 4. The quantitative estimate of drug-likeness (QED) is 0.196. The van der Waals surface area contributed by atoms with E-state index in [1.807, 2.05) is 31.1 Å². The van der Waals surface area contributed by atoms with Crippen molar-refractivity contribution in [1.29, 1.82) is 0 Å². The maximum Gasteiger partial charge on any atom is 0.345 e. The second kappa shape index (κ2) is 14.7. The van der Waals surface area contributed by atoms with Crippen LogP contribution in [0.3, 0.4) is 0 Å². The summed E-state index contributed by atoms with van der Waals surface area (Å²) in [6.45, 7) is -0.325. The highest BCUT2D eigenvalue weighted by Gasteiger charge is 2.22. The van der Waals surface area contributed by atoms with E-state index in [0.717, 1.165) is 5.69 Å². The number of esters is 4. The van der Waals surface area contributed by atoms with Gasteiger partial charge in [-0.1, -0.05) is 12.1 Å². The first-order valence-electron chi connectivity index (χ1n) is 10.7. The summed E-state index contributed by atoms with van der Waals surface area (Å²) in [5.74, 6) is -3.20. The molecule has 0 N–H and O–H groups in total. The normalized spacial score (nSPS) is 18.1. The molecule has 1 aromatic rings. The summed E-state index contributed by atoms with van der Waals surface area (Å²) in [4.78, 5) is 50.1. The molecule has 11 nitrogen and oxygen atoms in total. The molecular formula is C23H29NO10. The van der Waals surface area contributed by atoms with Gasteiger partial charge in [0, 0.05) is 19.8 Å². The summed E-state index contributed by atoms with van der Waals surface area (Å²) in [6, 6.07) is 7.20. The van der Waals surface area contributed by atoms with Gasteiger partial charge in [0.1, 0.15) is 38.4 Å². The lowest BCUT2D eigenvalue weighted by Gasteiger charge is -2.13. The van der Waals surface area contributed by atoms with Crippen molar-refractivity contribution in [2.24, 2.45) is 0 Å². The SMILES string of the molecule is CN(C)c1ccc(C=C2C(=O)OCCOCCOC(=O)CC(=O)OCCOCCOC2=O)cc1. The lowest BCUT2D eigenvalue weighted by atomic mass is 10.1. The van der Waals surface area contributed by atoms with Crippen molar-refractivity contribution in [2.75, 3.05) is 71.9 Å². The summed E-state index contributed by atoms with van der Waals surface area (Å²) >= 11 is 0. The van der Waals surface area contributed by atoms with E-state index in [1.165, 1.54) is 6.08 Å². The summed E-state index contributed by atoms with van der Waals surface area (Å²) in [6.07, 6.45) is 0.860. The number of rotatable bonds is 2. The van der Waals surface area contributed by atoms with Crippen LogP contribution in [0, 0.1) is 0 Å². The first-order chi connectivity index (χ1) is 16.4. The minimum absolute atomic E-state index is 0.0129. The first kappa shape index (κ1) is 26.8. The minimum atomic E-state index is -0.862. The average molecular weight is 479 g/mol. The summed E-state index contributed by atoms with van der Waals surface area (Å²) in [7, 11) is 3.80. The van der Waals surface area contributed by atoms with Crippen LogP contribution < -0.4 is 4.90 Å². The fourth-order valence-corrected chi connectivity index (χ4v) is 2.63. The van der Waals surface area contributed by atoms with Crippen molar-refractivity contribution in [1.82, 2.24) is 0 Å². The number of nitrogens with zero attached hydrogens (tertiary/aromatic N) is 1. The van der Waals surface area contributed by atoms with Gasteiger partial charge in [-0.25, -0.2) is 9.59 Å². The smallest absolute Gasteiger partial charge is 0.345 e. The molecule has 1 aliphatic heterocycles. The number of benzene rings is 1. The molecule has 0 aliphatic carbocycles. The highest BCUT2D eigenvalue weighted by molar-refractivity contribution is 6.17. The Morgan fingerprint density at radius 2 is 1.09 bits per heavy atom. The van der Waals surface area contributed by atoms with E-state index in [4.69, 9.17) is 28.4 Å². The Labute approximate surface area is 197 Å². The van der Waals surface area contributed by atoms with E-state index < -0.39 is 30.3 Å². The Morgan fingerprint density at radius 3 is 1.53 bits per heavy atom. The fourth-order valence-electron chi connectivity index (χ4n) is 2.63. The zero-order chi connectivity index (χ0) is 24.8. The number of carbonyl (C=O) groups excluding carboxylic acids is 4. The van der Waals surface area contributed by atoms with E-state index in [9.17, 15) is 19.2 Å². The van der Waals surface area contributed by atoms with Gasteiger partial charge in [0.15, 0.2) is 0 Å². The van der Waals surface area contributed by atoms with E-state index in [2.05, 4.69) is 0 Å². The predicted octanol–water partition coefficient (Wildman–Crippen LogP) is 0.746. The van der Waals surface area contributed by atoms with Crippen LogP contribution in [-0.2, 0) is 47.6 Å². The largest absolute Gasteiger partial charge is 0.463 e. The van der Waals surface area contributed by atoms with Gasteiger partial charge in [-0.15, -0.1) is 0 Å². The average Bonchev–Trinajstić information content (AvgIpc) is 2.80. The van der Waals surface area contributed by atoms with Crippen LogP contribution in [0.25, 0.3) is 6.08 Å². The zero-order valence-electron chi connectivity index (χ0n) is 19.3. The van der Waals surface area contributed by atoms with Crippen molar-refractivity contribution in [2.45, 2.75) is 6.42 Å². The second-order valence-electron chi connectivity index (χ2n) is 7.16. The van der Waals surface area contributed by atoms with Crippen LogP contribution in [0.15, 0.2) is 29.8 Å². The molecule has 0 atom stereocenters. The van der Waals surface area contributed by atoms with Crippen LogP contribution in [0.4, 0.5) is 5.69 Å². The van der Waals surface area contributed by atoms with Crippen LogP contribution in [0.5, 0.6) is 0 Å². The Kier molecular flexibility index (Phi) is 11.6. The van der Waals surface area contributed by atoms with Gasteiger partial charge in [-0.3, -0.25) is 9.59 Å². The maximum absolute atomic E-state index is 12.6. The summed E-state index contributed by atoms with van der Waals surface area (Å²) in [5.41, 5.74) is 1.28. The van der Waals surface area contributed by atoms with E-state index in [1.54, 1.807) is 12.1 Å². The van der Waals surface area contributed by atoms with Crippen LogP contribution in [0.2, 0.25) is 0 Å². The first-order valence-corrected chi connectivity index (χ1v) is 10.7. The number of anilines is 1. The minimum Gasteiger partial charge on any atom is -0.463 e. The third-order valence-electron chi connectivity index (χ3n) is 4.35. The van der Waals surface area contributed by atoms with Crippen molar-refractivity contribution in [3.05, 3.63) is 35.4 Å². The molecule has 1 saturated heterocycles. The molecule has 11 heteroatoms. The molecule has 0 unspecified atom stereocenters. The van der Waals surface area contributed by atoms with Gasteiger partial charge in [0.05, 0.1) is 26.4 Å². The van der Waals surface area contributed by atoms with E-state index in [-0.39, 0.29) is 58.4 Å².